The average Bonchev–Trinajstić information content (AvgIpc) is 2.80. The van der Waals surface area contributed by atoms with Crippen LogP contribution < -0.4 is 0 Å². The predicted octanol–water partition coefficient (Wildman–Crippen LogP) is 4.59. The van der Waals surface area contributed by atoms with Crippen LogP contribution in [0.1, 0.15) is 16.7 Å². The number of rotatable bonds is 3. The maximum Gasteiger partial charge on any atom is 0.293 e. The Hall–Kier alpha value is -2.24. The van der Waals surface area contributed by atoms with E-state index >= 15 is 0 Å². The van der Waals surface area contributed by atoms with Gasteiger partial charge in [-0.1, -0.05) is 35.9 Å². The topological polar surface area (TPSA) is 57.6 Å². The minimum Gasteiger partial charge on any atom is -0.507 e. The van der Waals surface area contributed by atoms with E-state index in [1.807, 2.05) is 31.2 Å². The van der Waals surface area contributed by atoms with Gasteiger partial charge in [0.15, 0.2) is 0 Å². The molecule has 24 heavy (non-hydrogen) atoms. The molecule has 0 aliphatic carbocycles. The van der Waals surface area contributed by atoms with E-state index in [1.54, 1.807) is 12.1 Å². The molecule has 6 heteroatoms. The summed E-state index contributed by atoms with van der Waals surface area (Å²) < 4.78 is 0. The van der Waals surface area contributed by atoms with Crippen molar-refractivity contribution in [3.8, 4) is 5.75 Å². The Bertz CT molecular complexity index is 863. The normalized spacial score (nSPS) is 16.2. The Balaban J connectivity index is 1.88. The summed E-state index contributed by atoms with van der Waals surface area (Å²) in [7, 11) is 0. The molecule has 0 unspecified atom stereocenters. The molecule has 0 radical (unpaired) electrons. The number of phenolic OH excluding ortho intramolecular Hbond substituents is 1. The second-order valence-corrected chi connectivity index (χ2v) is 6.83. The number of phenols is 1. The lowest BCUT2D eigenvalue weighted by atomic mass is 10.1. The van der Waals surface area contributed by atoms with E-state index in [1.165, 1.54) is 17.0 Å². The molecule has 1 N–H and O–H groups in total. The summed E-state index contributed by atoms with van der Waals surface area (Å²) in [6, 6.07) is 12.2. The Morgan fingerprint density at radius 3 is 2.71 bits per heavy atom. The molecule has 3 rings (SSSR count). The number of thioether (sulfide) groups is 1. The van der Waals surface area contributed by atoms with E-state index in [9.17, 15) is 14.7 Å². The lowest BCUT2D eigenvalue weighted by molar-refractivity contribution is -0.123. The van der Waals surface area contributed by atoms with Gasteiger partial charge in [0.25, 0.3) is 11.1 Å². The third-order valence-corrected chi connectivity index (χ3v) is 4.88. The number of carbonyl (C=O) groups is 2. The highest BCUT2D eigenvalue weighted by Crippen LogP contribution is 2.35. The van der Waals surface area contributed by atoms with Crippen molar-refractivity contribution >= 4 is 40.6 Å². The van der Waals surface area contributed by atoms with Gasteiger partial charge in [-0.05, 0) is 54.1 Å². The smallest absolute Gasteiger partial charge is 0.293 e. The molecule has 1 fully saturated rings. The summed E-state index contributed by atoms with van der Waals surface area (Å²) in [6.07, 6.45) is 1.49. The monoisotopic (exact) mass is 359 g/mol. The second kappa shape index (κ2) is 6.71. The van der Waals surface area contributed by atoms with Crippen LogP contribution in [0.15, 0.2) is 47.4 Å². The maximum atomic E-state index is 12.5. The lowest BCUT2D eigenvalue weighted by Gasteiger charge is -2.14. The summed E-state index contributed by atoms with van der Waals surface area (Å²) in [6.45, 7) is 2.17. The van der Waals surface area contributed by atoms with Crippen molar-refractivity contribution in [3.05, 3.63) is 69.1 Å². The Morgan fingerprint density at radius 1 is 1.21 bits per heavy atom. The molecule has 0 spiro atoms. The first-order valence-corrected chi connectivity index (χ1v) is 8.43. The first-order valence-electron chi connectivity index (χ1n) is 7.24. The highest BCUT2D eigenvalue weighted by atomic mass is 35.5. The maximum absolute atomic E-state index is 12.5. The van der Waals surface area contributed by atoms with Crippen molar-refractivity contribution in [2.45, 2.75) is 13.5 Å². The van der Waals surface area contributed by atoms with Crippen molar-refractivity contribution in [2.75, 3.05) is 0 Å². The molecule has 0 bridgehead atoms. The van der Waals surface area contributed by atoms with Gasteiger partial charge in [-0.2, -0.15) is 0 Å². The average molecular weight is 360 g/mol. The molecule has 2 amide bonds. The number of imide groups is 1. The summed E-state index contributed by atoms with van der Waals surface area (Å²) in [5.74, 6) is -0.363. The summed E-state index contributed by atoms with van der Waals surface area (Å²) in [5.41, 5.74) is 2.35. The van der Waals surface area contributed by atoms with Gasteiger partial charge < -0.3 is 5.11 Å². The molecular weight excluding hydrogens is 346 g/mol. The van der Waals surface area contributed by atoms with Crippen molar-refractivity contribution in [1.82, 2.24) is 4.90 Å². The molecule has 0 aromatic heterocycles. The van der Waals surface area contributed by atoms with Gasteiger partial charge in [0.1, 0.15) is 5.75 Å². The highest BCUT2D eigenvalue weighted by molar-refractivity contribution is 8.18. The molecule has 1 aliphatic heterocycles. The van der Waals surface area contributed by atoms with Crippen LogP contribution in [0.5, 0.6) is 5.75 Å². The zero-order valence-electron chi connectivity index (χ0n) is 12.8. The fourth-order valence-electron chi connectivity index (χ4n) is 2.38. The first-order chi connectivity index (χ1) is 11.5. The largest absolute Gasteiger partial charge is 0.507 e. The number of aromatic hydroxyl groups is 1. The molecule has 1 aliphatic rings. The summed E-state index contributed by atoms with van der Waals surface area (Å²) in [5, 5.41) is 9.98. The van der Waals surface area contributed by atoms with E-state index in [-0.39, 0.29) is 28.3 Å². The van der Waals surface area contributed by atoms with Gasteiger partial charge in [0.05, 0.1) is 11.4 Å². The van der Waals surface area contributed by atoms with Gasteiger partial charge in [-0.25, -0.2) is 0 Å². The molecule has 2 aromatic rings. The van der Waals surface area contributed by atoms with Gasteiger partial charge >= 0.3 is 0 Å². The standard InChI is InChI=1S/C18H14ClNO3S/c1-11-4-2-3-5-12(11)10-20-17(22)16(24-18(20)23)9-13-8-14(19)6-7-15(13)21/h2-9,21H,10H2,1H3/b16-9-. The van der Waals surface area contributed by atoms with Crippen molar-refractivity contribution in [1.29, 1.82) is 0 Å². The number of nitrogens with zero attached hydrogens (tertiary/aromatic N) is 1. The number of halogens is 1. The number of benzene rings is 2. The second-order valence-electron chi connectivity index (χ2n) is 5.40. The first kappa shape index (κ1) is 16.6. The van der Waals surface area contributed by atoms with Crippen LogP contribution >= 0.6 is 23.4 Å². The molecule has 0 saturated carbocycles. The van der Waals surface area contributed by atoms with E-state index in [2.05, 4.69) is 0 Å². The summed E-state index contributed by atoms with van der Waals surface area (Å²) in [4.78, 5) is 26.2. The number of hydrogen-bond acceptors (Lipinski definition) is 4. The fourth-order valence-corrected chi connectivity index (χ4v) is 3.39. The van der Waals surface area contributed by atoms with Crippen molar-refractivity contribution in [2.24, 2.45) is 0 Å². The van der Waals surface area contributed by atoms with E-state index < -0.39 is 0 Å². The van der Waals surface area contributed by atoms with Crippen LogP contribution in [0.4, 0.5) is 4.79 Å². The SMILES string of the molecule is Cc1ccccc1CN1C(=O)S/C(=C\c2cc(Cl)ccc2O)C1=O. The van der Waals surface area contributed by atoms with Crippen LogP contribution in [-0.2, 0) is 11.3 Å². The Morgan fingerprint density at radius 2 is 1.96 bits per heavy atom. The van der Waals surface area contributed by atoms with Gasteiger partial charge in [-0.3, -0.25) is 14.5 Å². The van der Waals surface area contributed by atoms with E-state index in [0.717, 1.165) is 22.9 Å². The van der Waals surface area contributed by atoms with Crippen LogP contribution in [0, 0.1) is 6.92 Å². The van der Waals surface area contributed by atoms with Crippen molar-refractivity contribution < 1.29 is 14.7 Å². The van der Waals surface area contributed by atoms with Crippen LogP contribution in [0.25, 0.3) is 6.08 Å². The third-order valence-electron chi connectivity index (χ3n) is 3.74. The number of amides is 2. The minimum atomic E-state index is -0.368. The van der Waals surface area contributed by atoms with Crippen LogP contribution in [0.2, 0.25) is 5.02 Å². The van der Waals surface area contributed by atoms with E-state index in [0.29, 0.717) is 10.6 Å². The molecular formula is C18H14ClNO3S. The molecule has 1 heterocycles. The molecule has 4 nitrogen and oxygen atoms in total. The zero-order chi connectivity index (χ0) is 17.3. The Kier molecular flexibility index (Phi) is 4.64. The number of carbonyl (C=O) groups excluding carboxylic acids is 2. The highest BCUT2D eigenvalue weighted by Gasteiger charge is 2.35. The molecule has 0 atom stereocenters. The minimum absolute atomic E-state index is 0.00472. The molecule has 2 aromatic carbocycles. The van der Waals surface area contributed by atoms with Gasteiger partial charge in [0, 0.05) is 10.6 Å². The fraction of sp³-hybridized carbons (Fsp3) is 0.111. The van der Waals surface area contributed by atoms with E-state index in [4.69, 9.17) is 11.6 Å². The van der Waals surface area contributed by atoms with Gasteiger partial charge in [-0.15, -0.1) is 0 Å². The molecule has 122 valence electrons. The van der Waals surface area contributed by atoms with Crippen LogP contribution in [-0.4, -0.2) is 21.2 Å². The lowest BCUT2D eigenvalue weighted by Crippen LogP contribution is -2.27. The van der Waals surface area contributed by atoms with Crippen LogP contribution in [0.3, 0.4) is 0 Å². The Labute approximate surface area is 148 Å². The number of hydrogen-bond donors (Lipinski definition) is 1. The van der Waals surface area contributed by atoms with Gasteiger partial charge in [0.2, 0.25) is 0 Å². The predicted molar refractivity (Wildman–Crippen MR) is 95.8 cm³/mol. The van der Waals surface area contributed by atoms with Crippen molar-refractivity contribution in [3.63, 3.8) is 0 Å². The summed E-state index contributed by atoms with van der Waals surface area (Å²) >= 11 is 6.77. The molecule has 1 saturated heterocycles. The number of aryl methyl sites for hydroxylation is 1. The third kappa shape index (κ3) is 3.32. The quantitative estimate of drug-likeness (QED) is 0.814. The zero-order valence-corrected chi connectivity index (χ0v) is 14.4.